The topological polar surface area (TPSA) is 58.6 Å². The average Bonchev–Trinajstić information content (AvgIpc) is 2.81. The van der Waals surface area contributed by atoms with Crippen molar-refractivity contribution in [3.05, 3.63) is 54.5 Å². The molecule has 1 atom stereocenters. The molecule has 1 aromatic heterocycles. The molecule has 2 fully saturated rings. The first-order chi connectivity index (χ1) is 12.2. The van der Waals surface area contributed by atoms with Crippen LogP contribution in [0.25, 0.3) is 0 Å². The van der Waals surface area contributed by atoms with E-state index >= 15 is 0 Å². The Bertz CT molecular complexity index is 725. The molecule has 6 nitrogen and oxygen atoms in total. The lowest BCUT2D eigenvalue weighted by Gasteiger charge is -2.31. The predicted octanol–water partition coefficient (Wildman–Crippen LogP) is 1.73. The molecule has 25 heavy (non-hydrogen) atoms. The van der Waals surface area contributed by atoms with Gasteiger partial charge in [0.1, 0.15) is 5.82 Å². The predicted molar refractivity (Wildman–Crippen MR) is 94.0 cm³/mol. The second-order valence-corrected chi connectivity index (χ2v) is 6.95. The molecule has 2 aliphatic rings. The molecule has 1 amide bonds. The molecular formula is C19H22N4O2. The van der Waals surface area contributed by atoms with Crippen LogP contribution in [-0.4, -0.2) is 53.6 Å². The molecule has 130 valence electrons. The van der Waals surface area contributed by atoms with Gasteiger partial charge in [-0.05, 0) is 5.56 Å². The summed E-state index contributed by atoms with van der Waals surface area (Å²) < 4.78 is 5.86. The standard InChI is InChI=1S/C19H22N4O2/c24-18-10-19(14-23(18)12-16-4-2-1-3-5-16)13-22(8-9-25-15-19)17-11-20-6-7-21-17/h1-7,11H,8-10,12-15H2. The highest BCUT2D eigenvalue weighted by molar-refractivity contribution is 5.79. The fourth-order valence-electron chi connectivity index (χ4n) is 3.78. The van der Waals surface area contributed by atoms with E-state index < -0.39 is 0 Å². The number of carbonyl (C=O) groups is 1. The maximum absolute atomic E-state index is 12.6. The van der Waals surface area contributed by atoms with Gasteiger partial charge < -0.3 is 14.5 Å². The van der Waals surface area contributed by atoms with Gasteiger partial charge in [-0.1, -0.05) is 30.3 Å². The van der Waals surface area contributed by atoms with Crippen molar-refractivity contribution in [1.82, 2.24) is 14.9 Å². The summed E-state index contributed by atoms with van der Waals surface area (Å²) in [7, 11) is 0. The van der Waals surface area contributed by atoms with Gasteiger partial charge in [0.25, 0.3) is 0 Å². The van der Waals surface area contributed by atoms with E-state index in [-0.39, 0.29) is 11.3 Å². The number of benzene rings is 1. The van der Waals surface area contributed by atoms with E-state index in [1.54, 1.807) is 18.6 Å². The zero-order chi connectivity index (χ0) is 17.1. The lowest BCUT2D eigenvalue weighted by atomic mass is 9.87. The van der Waals surface area contributed by atoms with Crippen molar-refractivity contribution in [3.63, 3.8) is 0 Å². The molecule has 1 unspecified atom stereocenters. The van der Waals surface area contributed by atoms with Gasteiger partial charge in [-0.2, -0.15) is 0 Å². The Balaban J connectivity index is 1.51. The van der Waals surface area contributed by atoms with Gasteiger partial charge in [0.2, 0.25) is 5.91 Å². The van der Waals surface area contributed by atoms with Gasteiger partial charge in [-0.25, -0.2) is 4.98 Å². The van der Waals surface area contributed by atoms with E-state index in [1.165, 1.54) is 0 Å². The van der Waals surface area contributed by atoms with Crippen LogP contribution in [0.15, 0.2) is 48.9 Å². The molecule has 3 heterocycles. The number of rotatable bonds is 3. The normalized spacial score (nSPS) is 23.9. The van der Waals surface area contributed by atoms with Crippen molar-refractivity contribution in [2.75, 3.05) is 37.7 Å². The molecule has 4 rings (SSSR count). The zero-order valence-electron chi connectivity index (χ0n) is 14.2. The van der Waals surface area contributed by atoms with Gasteiger partial charge in [0, 0.05) is 50.4 Å². The van der Waals surface area contributed by atoms with E-state index in [0.29, 0.717) is 26.2 Å². The van der Waals surface area contributed by atoms with Gasteiger partial charge in [-0.15, -0.1) is 0 Å². The number of amides is 1. The minimum Gasteiger partial charge on any atom is -0.379 e. The first-order valence-electron chi connectivity index (χ1n) is 8.65. The van der Waals surface area contributed by atoms with Gasteiger partial charge >= 0.3 is 0 Å². The Kier molecular flexibility index (Phi) is 4.36. The minimum absolute atomic E-state index is 0.181. The second kappa shape index (κ2) is 6.80. The average molecular weight is 338 g/mol. The van der Waals surface area contributed by atoms with Crippen molar-refractivity contribution in [3.8, 4) is 0 Å². The molecule has 1 aromatic carbocycles. The van der Waals surface area contributed by atoms with E-state index in [9.17, 15) is 4.79 Å². The van der Waals surface area contributed by atoms with Crippen molar-refractivity contribution >= 4 is 11.7 Å². The largest absolute Gasteiger partial charge is 0.379 e. The summed E-state index contributed by atoms with van der Waals surface area (Å²) in [6.07, 6.45) is 5.68. The molecule has 0 radical (unpaired) electrons. The highest BCUT2D eigenvalue weighted by Gasteiger charge is 2.45. The first kappa shape index (κ1) is 16.0. The summed E-state index contributed by atoms with van der Waals surface area (Å²) in [5, 5.41) is 0. The summed E-state index contributed by atoms with van der Waals surface area (Å²) in [5.74, 6) is 1.05. The zero-order valence-corrected chi connectivity index (χ0v) is 14.2. The second-order valence-electron chi connectivity index (χ2n) is 6.95. The van der Waals surface area contributed by atoms with Crippen LogP contribution in [0, 0.1) is 5.41 Å². The van der Waals surface area contributed by atoms with Crippen molar-refractivity contribution in [1.29, 1.82) is 0 Å². The van der Waals surface area contributed by atoms with Crippen LogP contribution >= 0.6 is 0 Å². The van der Waals surface area contributed by atoms with Crippen LogP contribution in [0.1, 0.15) is 12.0 Å². The molecule has 6 heteroatoms. The summed E-state index contributed by atoms with van der Waals surface area (Å²) in [6.45, 7) is 4.17. The molecule has 2 aromatic rings. The Labute approximate surface area is 147 Å². The van der Waals surface area contributed by atoms with Crippen molar-refractivity contribution in [2.24, 2.45) is 5.41 Å². The fraction of sp³-hybridized carbons (Fsp3) is 0.421. The van der Waals surface area contributed by atoms with E-state index in [1.807, 2.05) is 23.1 Å². The number of aromatic nitrogens is 2. The van der Waals surface area contributed by atoms with E-state index in [4.69, 9.17) is 4.74 Å². The third kappa shape index (κ3) is 3.49. The highest BCUT2D eigenvalue weighted by atomic mass is 16.5. The van der Waals surface area contributed by atoms with Crippen LogP contribution in [0.5, 0.6) is 0 Å². The van der Waals surface area contributed by atoms with E-state index in [0.717, 1.165) is 31.0 Å². The number of hydrogen-bond donors (Lipinski definition) is 0. The number of likely N-dealkylation sites (tertiary alicyclic amines) is 1. The first-order valence-corrected chi connectivity index (χ1v) is 8.65. The number of ether oxygens (including phenoxy) is 1. The summed E-state index contributed by atoms with van der Waals surface area (Å²) in [4.78, 5) is 25.4. The molecule has 1 spiro atoms. The number of nitrogens with zero attached hydrogens (tertiary/aromatic N) is 4. The Hall–Kier alpha value is -2.47. The summed E-state index contributed by atoms with van der Waals surface area (Å²) in [5.41, 5.74) is 0.980. The molecule has 2 saturated heterocycles. The quantitative estimate of drug-likeness (QED) is 0.853. The van der Waals surface area contributed by atoms with Crippen LogP contribution in [0.2, 0.25) is 0 Å². The fourth-order valence-corrected chi connectivity index (χ4v) is 3.78. The third-order valence-electron chi connectivity index (χ3n) is 4.94. The lowest BCUT2D eigenvalue weighted by Crippen LogP contribution is -2.41. The number of carbonyl (C=O) groups excluding carboxylic acids is 1. The van der Waals surface area contributed by atoms with Crippen LogP contribution < -0.4 is 4.90 Å². The summed E-state index contributed by atoms with van der Waals surface area (Å²) >= 11 is 0. The van der Waals surface area contributed by atoms with E-state index in [2.05, 4.69) is 27.0 Å². The molecule has 0 aliphatic carbocycles. The Morgan fingerprint density at radius 3 is 2.84 bits per heavy atom. The molecular weight excluding hydrogens is 316 g/mol. The maximum Gasteiger partial charge on any atom is 0.223 e. The highest BCUT2D eigenvalue weighted by Crippen LogP contribution is 2.35. The smallest absolute Gasteiger partial charge is 0.223 e. The molecule has 0 N–H and O–H groups in total. The summed E-state index contributed by atoms with van der Waals surface area (Å²) in [6, 6.07) is 10.1. The van der Waals surface area contributed by atoms with Crippen molar-refractivity contribution < 1.29 is 9.53 Å². The third-order valence-corrected chi connectivity index (χ3v) is 4.94. The Morgan fingerprint density at radius 2 is 2.04 bits per heavy atom. The SMILES string of the molecule is O=C1CC2(COCCN(c3cnccn3)C2)CN1Cc1ccccc1. The monoisotopic (exact) mass is 338 g/mol. The van der Waals surface area contributed by atoms with Crippen LogP contribution in [0.3, 0.4) is 0 Å². The Morgan fingerprint density at radius 1 is 1.16 bits per heavy atom. The maximum atomic E-state index is 12.6. The molecule has 0 saturated carbocycles. The molecule has 2 aliphatic heterocycles. The lowest BCUT2D eigenvalue weighted by molar-refractivity contribution is -0.128. The number of hydrogen-bond acceptors (Lipinski definition) is 5. The van der Waals surface area contributed by atoms with Crippen LogP contribution in [-0.2, 0) is 16.1 Å². The van der Waals surface area contributed by atoms with Gasteiger partial charge in [-0.3, -0.25) is 9.78 Å². The van der Waals surface area contributed by atoms with Gasteiger partial charge in [0.05, 0.1) is 19.4 Å². The number of anilines is 1. The van der Waals surface area contributed by atoms with Crippen LogP contribution in [0.4, 0.5) is 5.82 Å². The van der Waals surface area contributed by atoms with Gasteiger partial charge in [0.15, 0.2) is 0 Å². The minimum atomic E-state index is -0.181. The molecule has 0 bridgehead atoms. The van der Waals surface area contributed by atoms with Crippen molar-refractivity contribution in [2.45, 2.75) is 13.0 Å².